The molecule has 6 fully saturated rings. The molecule has 0 bridgehead atoms. The highest BCUT2D eigenvalue weighted by Crippen LogP contribution is 2.67. The predicted octanol–water partition coefficient (Wildman–Crippen LogP) is 4.41. The highest BCUT2D eigenvalue weighted by molar-refractivity contribution is 5.66. The Balaban J connectivity index is 1.30. The molecule has 38 heavy (non-hydrogen) atoms. The summed E-state index contributed by atoms with van der Waals surface area (Å²) in [4.78, 5) is 15.0. The molecule has 2 heterocycles. The van der Waals surface area contributed by atoms with Gasteiger partial charge < -0.3 is 19.1 Å². The number of aliphatic hydroxyl groups is 1. The van der Waals surface area contributed by atoms with E-state index in [9.17, 15) is 9.90 Å². The van der Waals surface area contributed by atoms with Crippen LogP contribution in [0.1, 0.15) is 78.6 Å². The third kappa shape index (κ3) is 4.23. The number of fused-ring (bicyclic) bond motifs is 5. The number of esters is 1. The number of quaternary nitrogens is 1. The molecule has 6 heteroatoms. The highest BCUT2D eigenvalue weighted by atomic mass is 16.5. The van der Waals surface area contributed by atoms with Crippen LogP contribution < -0.4 is 0 Å². The molecule has 6 aliphatic rings. The zero-order valence-corrected chi connectivity index (χ0v) is 24.3. The van der Waals surface area contributed by atoms with Gasteiger partial charge in [-0.05, 0) is 73.7 Å². The van der Waals surface area contributed by atoms with Crippen LogP contribution >= 0.6 is 0 Å². The van der Waals surface area contributed by atoms with Crippen LogP contribution in [0.5, 0.6) is 0 Å². The molecule has 214 valence electrons. The number of carbonyl (C=O) groups excluding carboxylic acids is 1. The number of morpholine rings is 1. The van der Waals surface area contributed by atoms with Crippen molar-refractivity contribution in [2.24, 2.45) is 34.5 Å². The SMILES string of the molecule is C=CC[N+]1([C@H]2C[C@H]3[C@@H]4CC[C@H]5C[C@H](O)[C@@H](N6CCOCC6)C[C@]5(C)[C@H]4CC[C@]3(C)[C@@H]2OC(C)=O)CCCC1. The fraction of sp³-hybridized carbons (Fsp3) is 0.906. The Morgan fingerprint density at radius 2 is 1.84 bits per heavy atom. The second-order valence-electron chi connectivity index (χ2n) is 14.6. The van der Waals surface area contributed by atoms with Crippen LogP contribution in [0.3, 0.4) is 0 Å². The van der Waals surface area contributed by atoms with Gasteiger partial charge in [-0.15, -0.1) is 0 Å². The van der Waals surface area contributed by atoms with Gasteiger partial charge in [0, 0.05) is 50.7 Å². The third-order valence-corrected chi connectivity index (χ3v) is 13.1. The van der Waals surface area contributed by atoms with Crippen molar-refractivity contribution >= 4 is 5.97 Å². The average Bonchev–Trinajstić information content (AvgIpc) is 3.48. The minimum Gasteiger partial charge on any atom is -0.456 e. The summed E-state index contributed by atoms with van der Waals surface area (Å²) in [6, 6.07) is 0.663. The first-order chi connectivity index (χ1) is 18.2. The van der Waals surface area contributed by atoms with E-state index < -0.39 is 0 Å². The highest BCUT2D eigenvalue weighted by Gasteiger charge is 2.67. The number of carbonyl (C=O) groups is 1. The number of ether oxygens (including phenoxy) is 2. The monoisotopic (exact) mass is 529 g/mol. The molecule has 0 radical (unpaired) electrons. The maximum Gasteiger partial charge on any atom is 0.303 e. The number of nitrogens with zero attached hydrogens (tertiary/aromatic N) is 2. The molecule has 0 aromatic carbocycles. The first kappa shape index (κ1) is 27.2. The second kappa shape index (κ2) is 10.2. The molecule has 2 aliphatic heterocycles. The standard InChI is InChI=1S/C32H53N2O4/c1-5-14-34(15-6-7-16-34)28-20-26-24-9-8-23-19-29(36)27(33-12-17-37-18-13-33)21-32(23,4)25(24)10-11-31(26,3)30(28)38-22(2)35/h5,23-30,36H,1,6-21H2,2-4H3/q+1/t23-,24+,25-,26-,27-,28-,29-,30+,31-,32-/m0/s1. The quantitative estimate of drug-likeness (QED) is 0.325. The molecular weight excluding hydrogens is 476 g/mol. The number of likely N-dealkylation sites (tertiary alicyclic amines) is 1. The fourth-order valence-electron chi connectivity index (χ4n) is 11.3. The summed E-state index contributed by atoms with van der Waals surface area (Å²) in [5.74, 6) is 2.54. The normalized spacial score (nSPS) is 48.5. The van der Waals surface area contributed by atoms with E-state index >= 15 is 0 Å². The Hall–Kier alpha value is -0.950. The van der Waals surface area contributed by atoms with Gasteiger partial charge in [0.05, 0.1) is 39.0 Å². The molecule has 0 aromatic rings. The van der Waals surface area contributed by atoms with Gasteiger partial charge in [-0.2, -0.15) is 0 Å². The largest absolute Gasteiger partial charge is 0.456 e. The van der Waals surface area contributed by atoms with Crippen LogP contribution in [0.25, 0.3) is 0 Å². The van der Waals surface area contributed by atoms with Crippen molar-refractivity contribution in [3.8, 4) is 0 Å². The van der Waals surface area contributed by atoms with Crippen LogP contribution in [0.4, 0.5) is 0 Å². The van der Waals surface area contributed by atoms with Crippen LogP contribution in [-0.4, -0.2) is 90.7 Å². The Kier molecular flexibility index (Phi) is 7.27. The zero-order valence-electron chi connectivity index (χ0n) is 24.3. The summed E-state index contributed by atoms with van der Waals surface area (Å²) in [5.41, 5.74) is 0.343. The van der Waals surface area contributed by atoms with Crippen LogP contribution in [-0.2, 0) is 14.3 Å². The summed E-state index contributed by atoms with van der Waals surface area (Å²) >= 11 is 0. The zero-order chi connectivity index (χ0) is 26.7. The molecule has 4 aliphatic carbocycles. The molecule has 1 N–H and O–H groups in total. The molecule has 6 nitrogen and oxygen atoms in total. The summed E-state index contributed by atoms with van der Waals surface area (Å²) in [6.45, 7) is 17.7. The second-order valence-corrected chi connectivity index (χ2v) is 14.6. The maximum absolute atomic E-state index is 12.5. The van der Waals surface area contributed by atoms with E-state index in [1.54, 1.807) is 6.92 Å². The van der Waals surface area contributed by atoms with Gasteiger partial charge in [0.2, 0.25) is 0 Å². The lowest BCUT2D eigenvalue weighted by atomic mass is 9.44. The van der Waals surface area contributed by atoms with Crippen LogP contribution in [0, 0.1) is 34.5 Å². The Morgan fingerprint density at radius 1 is 1.11 bits per heavy atom. The van der Waals surface area contributed by atoms with E-state index in [1.165, 1.54) is 51.6 Å². The number of aliphatic hydroxyl groups excluding tert-OH is 1. The Morgan fingerprint density at radius 3 is 2.53 bits per heavy atom. The fourth-order valence-corrected chi connectivity index (χ4v) is 11.3. The molecule has 6 rings (SSSR count). The molecule has 0 spiro atoms. The van der Waals surface area contributed by atoms with Crippen molar-refractivity contribution < 1.29 is 23.9 Å². The van der Waals surface area contributed by atoms with Crippen molar-refractivity contribution in [3.63, 3.8) is 0 Å². The van der Waals surface area contributed by atoms with Gasteiger partial charge in [-0.25, -0.2) is 0 Å². The van der Waals surface area contributed by atoms with Gasteiger partial charge in [0.25, 0.3) is 0 Å². The minimum atomic E-state index is -0.209. The molecular formula is C32H53N2O4+. The molecule has 0 unspecified atom stereocenters. The van der Waals surface area contributed by atoms with E-state index in [2.05, 4.69) is 31.4 Å². The van der Waals surface area contributed by atoms with Crippen LogP contribution in [0.15, 0.2) is 12.7 Å². The van der Waals surface area contributed by atoms with E-state index in [0.717, 1.165) is 56.6 Å². The van der Waals surface area contributed by atoms with Crippen molar-refractivity contribution in [1.82, 2.24) is 4.90 Å². The summed E-state index contributed by atoms with van der Waals surface area (Å²) in [7, 11) is 0. The lowest BCUT2D eigenvalue weighted by Crippen LogP contribution is -2.61. The summed E-state index contributed by atoms with van der Waals surface area (Å²) in [5, 5.41) is 11.3. The lowest BCUT2D eigenvalue weighted by Gasteiger charge is -2.62. The molecule has 10 atom stereocenters. The topological polar surface area (TPSA) is 59.0 Å². The molecule has 4 saturated carbocycles. The Labute approximate surface area is 230 Å². The van der Waals surface area contributed by atoms with Gasteiger partial charge >= 0.3 is 5.97 Å². The van der Waals surface area contributed by atoms with Gasteiger partial charge in [-0.1, -0.05) is 20.4 Å². The van der Waals surface area contributed by atoms with Crippen molar-refractivity contribution in [3.05, 3.63) is 12.7 Å². The first-order valence-electron chi connectivity index (χ1n) is 15.9. The summed E-state index contributed by atoms with van der Waals surface area (Å²) in [6.07, 6.45) is 12.7. The number of hydrogen-bond donors (Lipinski definition) is 1. The van der Waals surface area contributed by atoms with E-state index in [0.29, 0.717) is 29.7 Å². The van der Waals surface area contributed by atoms with Crippen LogP contribution in [0.2, 0.25) is 0 Å². The van der Waals surface area contributed by atoms with Gasteiger partial charge in [0.15, 0.2) is 6.10 Å². The van der Waals surface area contributed by atoms with E-state index in [-0.39, 0.29) is 35.0 Å². The average molecular weight is 530 g/mol. The molecule has 0 aromatic heterocycles. The maximum atomic E-state index is 12.5. The Bertz CT molecular complexity index is 898. The molecule has 2 saturated heterocycles. The third-order valence-electron chi connectivity index (χ3n) is 13.1. The van der Waals surface area contributed by atoms with Gasteiger partial charge in [-0.3, -0.25) is 9.69 Å². The minimum absolute atomic E-state index is 0.0174. The van der Waals surface area contributed by atoms with E-state index in [4.69, 9.17) is 9.47 Å². The summed E-state index contributed by atoms with van der Waals surface area (Å²) < 4.78 is 13.1. The van der Waals surface area contributed by atoms with Crippen molar-refractivity contribution in [2.75, 3.05) is 45.9 Å². The molecule has 0 amide bonds. The first-order valence-corrected chi connectivity index (χ1v) is 15.9. The number of hydrogen-bond acceptors (Lipinski definition) is 5. The number of rotatable bonds is 5. The lowest BCUT2D eigenvalue weighted by molar-refractivity contribution is -0.937. The van der Waals surface area contributed by atoms with E-state index in [1.807, 2.05) is 0 Å². The smallest absolute Gasteiger partial charge is 0.303 e. The van der Waals surface area contributed by atoms with Crippen molar-refractivity contribution in [1.29, 1.82) is 0 Å². The predicted molar refractivity (Wildman–Crippen MR) is 148 cm³/mol. The van der Waals surface area contributed by atoms with Crippen molar-refractivity contribution in [2.45, 2.75) is 103 Å². The van der Waals surface area contributed by atoms with Gasteiger partial charge in [0.1, 0.15) is 6.04 Å².